The Morgan fingerprint density at radius 2 is 2.00 bits per heavy atom. The lowest BCUT2D eigenvalue weighted by atomic mass is 10.3. The van der Waals surface area contributed by atoms with Gasteiger partial charge in [0.2, 0.25) is 5.91 Å². The van der Waals surface area contributed by atoms with Gasteiger partial charge in [0.05, 0.1) is 12.4 Å². The number of carbonyl (C=O) groups is 1. The molecule has 0 spiro atoms. The summed E-state index contributed by atoms with van der Waals surface area (Å²) in [5.41, 5.74) is 7.15. The number of anilines is 2. The molecule has 0 saturated heterocycles. The molecule has 0 aliphatic rings. The number of methoxy groups -OCH3 is 1. The molecule has 110 valence electrons. The van der Waals surface area contributed by atoms with Gasteiger partial charge in [-0.3, -0.25) is 4.79 Å². The van der Waals surface area contributed by atoms with E-state index in [9.17, 15) is 4.79 Å². The van der Waals surface area contributed by atoms with E-state index in [-0.39, 0.29) is 11.2 Å². The molecule has 1 amide bonds. The second-order valence-electron chi connectivity index (χ2n) is 4.55. The van der Waals surface area contributed by atoms with Gasteiger partial charge in [0.1, 0.15) is 5.75 Å². The second kappa shape index (κ2) is 7.04. The smallest absolute Gasteiger partial charge is 0.237 e. The summed E-state index contributed by atoms with van der Waals surface area (Å²) in [4.78, 5) is 13.2. The van der Waals surface area contributed by atoms with Crippen molar-refractivity contribution in [1.29, 1.82) is 0 Å². The first kappa shape index (κ1) is 15.3. The van der Waals surface area contributed by atoms with Gasteiger partial charge in [-0.2, -0.15) is 0 Å². The van der Waals surface area contributed by atoms with Crippen molar-refractivity contribution in [3.63, 3.8) is 0 Å². The van der Waals surface area contributed by atoms with Crippen LogP contribution in [0.25, 0.3) is 0 Å². The molecule has 0 radical (unpaired) electrons. The predicted molar refractivity (Wildman–Crippen MR) is 87.8 cm³/mol. The van der Waals surface area contributed by atoms with E-state index in [2.05, 4.69) is 5.32 Å². The number of hydrogen-bond donors (Lipinski definition) is 2. The summed E-state index contributed by atoms with van der Waals surface area (Å²) in [6, 6.07) is 14.8. The van der Waals surface area contributed by atoms with Crippen LogP contribution in [0.3, 0.4) is 0 Å². The van der Waals surface area contributed by atoms with Crippen molar-refractivity contribution in [2.45, 2.75) is 17.1 Å². The topological polar surface area (TPSA) is 64.3 Å². The van der Waals surface area contributed by atoms with E-state index in [1.165, 1.54) is 11.8 Å². The Morgan fingerprint density at radius 3 is 2.71 bits per heavy atom. The zero-order chi connectivity index (χ0) is 15.2. The Morgan fingerprint density at radius 1 is 1.24 bits per heavy atom. The van der Waals surface area contributed by atoms with Crippen LogP contribution in [0.4, 0.5) is 11.4 Å². The number of amides is 1. The van der Waals surface area contributed by atoms with Gasteiger partial charge in [-0.05, 0) is 37.3 Å². The van der Waals surface area contributed by atoms with Crippen LogP contribution in [0.1, 0.15) is 6.92 Å². The van der Waals surface area contributed by atoms with Crippen molar-refractivity contribution < 1.29 is 9.53 Å². The first-order chi connectivity index (χ1) is 10.1. The highest BCUT2D eigenvalue weighted by atomic mass is 32.2. The highest BCUT2D eigenvalue weighted by Crippen LogP contribution is 2.26. The van der Waals surface area contributed by atoms with Crippen LogP contribution in [0, 0.1) is 0 Å². The molecule has 0 fully saturated rings. The van der Waals surface area contributed by atoms with E-state index in [0.29, 0.717) is 11.4 Å². The molecule has 1 atom stereocenters. The van der Waals surface area contributed by atoms with Crippen LogP contribution in [0.2, 0.25) is 0 Å². The van der Waals surface area contributed by atoms with Crippen molar-refractivity contribution in [1.82, 2.24) is 0 Å². The predicted octanol–water partition coefficient (Wildman–Crippen LogP) is 3.40. The third-order valence-corrected chi connectivity index (χ3v) is 3.97. The van der Waals surface area contributed by atoms with Gasteiger partial charge in [0.25, 0.3) is 0 Å². The summed E-state index contributed by atoms with van der Waals surface area (Å²) in [6.07, 6.45) is 0. The van der Waals surface area contributed by atoms with Gasteiger partial charge in [-0.1, -0.05) is 12.1 Å². The number of hydrogen-bond acceptors (Lipinski definition) is 4. The molecule has 0 aliphatic heterocycles. The summed E-state index contributed by atoms with van der Waals surface area (Å²) in [6.45, 7) is 1.86. The van der Waals surface area contributed by atoms with Crippen LogP contribution >= 0.6 is 11.8 Å². The molecule has 2 rings (SSSR count). The number of nitrogen functional groups attached to an aromatic ring is 1. The fraction of sp³-hybridized carbons (Fsp3) is 0.188. The van der Waals surface area contributed by atoms with Crippen LogP contribution in [0.5, 0.6) is 5.75 Å². The number of ether oxygens (including phenoxy) is 1. The standard InChI is InChI=1S/C16H18N2O2S/c1-11(21-15-8-3-5-12(17)9-15)16(19)18-13-6-4-7-14(10-13)20-2/h3-11H,17H2,1-2H3,(H,18,19). The summed E-state index contributed by atoms with van der Waals surface area (Å²) in [7, 11) is 1.60. The average molecular weight is 302 g/mol. The average Bonchev–Trinajstić information content (AvgIpc) is 2.47. The lowest BCUT2D eigenvalue weighted by molar-refractivity contribution is -0.115. The Kier molecular flexibility index (Phi) is 5.11. The van der Waals surface area contributed by atoms with Crippen molar-refractivity contribution >= 4 is 29.0 Å². The Bertz CT molecular complexity index is 631. The van der Waals surface area contributed by atoms with E-state index in [4.69, 9.17) is 10.5 Å². The molecule has 0 bridgehead atoms. The molecule has 3 N–H and O–H groups in total. The number of nitrogens with two attached hydrogens (primary N) is 1. The minimum atomic E-state index is -0.224. The van der Waals surface area contributed by atoms with Crippen LogP contribution < -0.4 is 15.8 Å². The fourth-order valence-electron chi connectivity index (χ4n) is 1.79. The van der Waals surface area contributed by atoms with Gasteiger partial charge in [-0.25, -0.2) is 0 Å². The van der Waals surface area contributed by atoms with Gasteiger partial charge in [-0.15, -0.1) is 11.8 Å². The number of benzene rings is 2. The minimum absolute atomic E-state index is 0.0596. The Hall–Kier alpha value is -2.14. The second-order valence-corrected chi connectivity index (χ2v) is 5.97. The summed E-state index contributed by atoms with van der Waals surface area (Å²) in [5, 5.41) is 2.66. The zero-order valence-corrected chi connectivity index (χ0v) is 12.8. The molecule has 1 unspecified atom stereocenters. The molecular formula is C16H18N2O2S. The molecular weight excluding hydrogens is 284 g/mol. The van der Waals surface area contributed by atoms with E-state index < -0.39 is 0 Å². The number of thioether (sulfide) groups is 1. The molecule has 4 nitrogen and oxygen atoms in total. The van der Waals surface area contributed by atoms with Crippen molar-refractivity contribution in [2.75, 3.05) is 18.2 Å². The summed E-state index contributed by atoms with van der Waals surface area (Å²) < 4.78 is 5.14. The van der Waals surface area contributed by atoms with E-state index >= 15 is 0 Å². The van der Waals surface area contributed by atoms with Gasteiger partial charge >= 0.3 is 0 Å². The molecule has 0 saturated carbocycles. The van der Waals surface area contributed by atoms with E-state index in [1.54, 1.807) is 13.2 Å². The van der Waals surface area contributed by atoms with E-state index in [0.717, 1.165) is 10.6 Å². The van der Waals surface area contributed by atoms with Crippen molar-refractivity contribution in [2.24, 2.45) is 0 Å². The zero-order valence-electron chi connectivity index (χ0n) is 12.0. The molecule has 2 aromatic carbocycles. The lowest BCUT2D eigenvalue weighted by Gasteiger charge is -2.13. The lowest BCUT2D eigenvalue weighted by Crippen LogP contribution is -2.22. The third kappa shape index (κ3) is 4.43. The first-order valence-electron chi connectivity index (χ1n) is 6.55. The van der Waals surface area contributed by atoms with Gasteiger partial charge in [0, 0.05) is 22.3 Å². The normalized spacial score (nSPS) is 11.7. The van der Waals surface area contributed by atoms with Crippen molar-refractivity contribution in [3.05, 3.63) is 48.5 Å². The van der Waals surface area contributed by atoms with Gasteiger partial charge < -0.3 is 15.8 Å². The molecule has 2 aromatic rings. The van der Waals surface area contributed by atoms with E-state index in [1.807, 2.05) is 49.4 Å². The highest BCUT2D eigenvalue weighted by molar-refractivity contribution is 8.00. The summed E-state index contributed by atoms with van der Waals surface area (Å²) in [5.74, 6) is 0.652. The third-order valence-electron chi connectivity index (χ3n) is 2.88. The monoisotopic (exact) mass is 302 g/mol. The van der Waals surface area contributed by atoms with Crippen LogP contribution in [0.15, 0.2) is 53.4 Å². The highest BCUT2D eigenvalue weighted by Gasteiger charge is 2.14. The molecule has 5 heteroatoms. The van der Waals surface area contributed by atoms with Crippen molar-refractivity contribution in [3.8, 4) is 5.75 Å². The number of nitrogens with one attached hydrogen (secondary N) is 1. The molecule has 21 heavy (non-hydrogen) atoms. The maximum Gasteiger partial charge on any atom is 0.237 e. The van der Waals surface area contributed by atoms with Gasteiger partial charge in [0.15, 0.2) is 0 Å². The molecule has 0 aromatic heterocycles. The first-order valence-corrected chi connectivity index (χ1v) is 7.43. The fourth-order valence-corrected chi connectivity index (χ4v) is 2.73. The van der Waals surface area contributed by atoms with Crippen LogP contribution in [-0.2, 0) is 4.79 Å². The summed E-state index contributed by atoms with van der Waals surface area (Å²) >= 11 is 1.47. The number of rotatable bonds is 5. The van der Waals surface area contributed by atoms with Crippen LogP contribution in [-0.4, -0.2) is 18.3 Å². The quantitative estimate of drug-likeness (QED) is 0.656. The number of carbonyl (C=O) groups excluding carboxylic acids is 1. The minimum Gasteiger partial charge on any atom is -0.497 e. The Balaban J connectivity index is 1.99. The molecule has 0 heterocycles. The SMILES string of the molecule is COc1cccc(NC(=O)C(C)Sc2cccc(N)c2)c1. The Labute approximate surface area is 128 Å². The maximum absolute atomic E-state index is 12.2. The molecule has 0 aliphatic carbocycles. The maximum atomic E-state index is 12.2. The largest absolute Gasteiger partial charge is 0.497 e.